The Kier molecular flexibility index (Phi) is 7.09. The van der Waals surface area contributed by atoms with Crippen molar-refractivity contribution in [3.63, 3.8) is 0 Å². The van der Waals surface area contributed by atoms with E-state index in [4.69, 9.17) is 42.8 Å². The van der Waals surface area contributed by atoms with E-state index >= 15 is 0 Å². The summed E-state index contributed by atoms with van der Waals surface area (Å²) in [6.07, 6.45) is 0. The molecule has 0 saturated carbocycles. The molecule has 2 aromatic carbocycles. The fraction of sp³-hybridized carbons (Fsp3) is 0.320. The van der Waals surface area contributed by atoms with Gasteiger partial charge in [0.15, 0.2) is 16.6 Å². The number of hydrogen-bond donors (Lipinski definition) is 1. The molecular formula is C25H27ClN4O3S. The van der Waals surface area contributed by atoms with Crippen LogP contribution in [0, 0.1) is 5.92 Å². The molecule has 7 nitrogen and oxygen atoms in total. The molecule has 3 aromatic rings. The largest absolute Gasteiger partial charge is 0.493 e. The van der Waals surface area contributed by atoms with Gasteiger partial charge in [0.05, 0.1) is 25.8 Å². The lowest BCUT2D eigenvalue weighted by Gasteiger charge is -2.38. The van der Waals surface area contributed by atoms with E-state index in [9.17, 15) is 0 Å². The Morgan fingerprint density at radius 3 is 2.47 bits per heavy atom. The van der Waals surface area contributed by atoms with Crippen LogP contribution in [0.5, 0.6) is 11.5 Å². The van der Waals surface area contributed by atoms with Gasteiger partial charge in [-0.05, 0) is 67.0 Å². The predicted molar refractivity (Wildman–Crippen MR) is 137 cm³/mol. The van der Waals surface area contributed by atoms with Crippen molar-refractivity contribution in [2.75, 3.05) is 20.8 Å². The molecule has 178 valence electrons. The van der Waals surface area contributed by atoms with Crippen LogP contribution in [-0.2, 0) is 0 Å². The SMILES string of the molecule is COc1ccc(C2NC(=S)N(CC(C)C)C(C)=C2c2nc(-c3ccc(Cl)cc3)no2)cc1OC. The number of allylic oxidation sites excluding steroid dienone is 1. The van der Waals surface area contributed by atoms with E-state index in [1.54, 1.807) is 26.4 Å². The summed E-state index contributed by atoms with van der Waals surface area (Å²) in [5, 5.41) is 9.00. The number of nitrogens with one attached hydrogen (secondary N) is 1. The minimum Gasteiger partial charge on any atom is -0.493 e. The molecular weight excluding hydrogens is 472 g/mol. The third kappa shape index (κ3) is 4.74. The predicted octanol–water partition coefficient (Wildman–Crippen LogP) is 5.73. The first kappa shape index (κ1) is 24.0. The van der Waals surface area contributed by atoms with E-state index < -0.39 is 0 Å². The first-order valence-corrected chi connectivity index (χ1v) is 11.7. The molecule has 0 fully saturated rings. The Balaban J connectivity index is 1.82. The van der Waals surface area contributed by atoms with Crippen LogP contribution < -0.4 is 14.8 Å². The molecule has 2 heterocycles. The molecule has 0 radical (unpaired) electrons. The van der Waals surface area contributed by atoms with Crippen LogP contribution in [0.15, 0.2) is 52.7 Å². The molecule has 34 heavy (non-hydrogen) atoms. The number of methoxy groups -OCH3 is 2. The number of aromatic nitrogens is 2. The number of rotatable bonds is 7. The molecule has 1 aliphatic heterocycles. The van der Waals surface area contributed by atoms with Crippen molar-refractivity contribution in [2.24, 2.45) is 5.92 Å². The fourth-order valence-corrected chi connectivity index (χ4v) is 4.43. The summed E-state index contributed by atoms with van der Waals surface area (Å²) in [6, 6.07) is 12.8. The standard InChI is InChI=1S/C25H27ClN4O3S/c1-14(2)13-30-15(3)21(24-28-23(29-33-24)16-6-9-18(26)10-7-16)22(27-25(30)34)17-8-11-19(31-4)20(12-17)32-5/h6-12,14,22H,13H2,1-5H3,(H,27,34). The van der Waals surface area contributed by atoms with E-state index in [1.807, 2.05) is 37.3 Å². The highest BCUT2D eigenvalue weighted by atomic mass is 35.5. The van der Waals surface area contributed by atoms with Crippen LogP contribution in [-0.4, -0.2) is 40.9 Å². The Labute approximate surface area is 209 Å². The summed E-state index contributed by atoms with van der Waals surface area (Å²) in [4.78, 5) is 6.81. The average Bonchev–Trinajstić information content (AvgIpc) is 3.31. The maximum Gasteiger partial charge on any atom is 0.258 e. The highest BCUT2D eigenvalue weighted by Gasteiger charge is 2.34. The van der Waals surface area contributed by atoms with E-state index in [1.165, 1.54) is 0 Å². The van der Waals surface area contributed by atoms with Gasteiger partial charge in [-0.15, -0.1) is 0 Å². The normalized spacial score (nSPS) is 16.1. The molecule has 9 heteroatoms. The maximum atomic E-state index is 6.03. The van der Waals surface area contributed by atoms with Gasteiger partial charge in [0.1, 0.15) is 0 Å². The first-order valence-electron chi connectivity index (χ1n) is 10.9. The molecule has 0 bridgehead atoms. The molecule has 0 aliphatic carbocycles. The van der Waals surface area contributed by atoms with Crippen molar-refractivity contribution in [1.29, 1.82) is 0 Å². The highest BCUT2D eigenvalue weighted by Crippen LogP contribution is 2.40. The summed E-state index contributed by atoms with van der Waals surface area (Å²) in [5.74, 6) is 2.59. The molecule has 1 aromatic heterocycles. The summed E-state index contributed by atoms with van der Waals surface area (Å²) in [7, 11) is 3.23. The van der Waals surface area contributed by atoms with Gasteiger partial charge in [0, 0.05) is 22.8 Å². The van der Waals surface area contributed by atoms with Crippen LogP contribution in [0.2, 0.25) is 5.02 Å². The Morgan fingerprint density at radius 2 is 1.82 bits per heavy atom. The summed E-state index contributed by atoms with van der Waals surface area (Å²) in [6.45, 7) is 7.10. The second-order valence-electron chi connectivity index (χ2n) is 8.43. The average molecular weight is 499 g/mol. The van der Waals surface area contributed by atoms with Gasteiger partial charge in [-0.3, -0.25) is 0 Å². The molecule has 1 atom stereocenters. The van der Waals surface area contributed by atoms with Gasteiger partial charge in [-0.25, -0.2) is 0 Å². The van der Waals surface area contributed by atoms with Crippen molar-refractivity contribution in [3.05, 3.63) is 64.6 Å². The summed E-state index contributed by atoms with van der Waals surface area (Å²) in [5.41, 5.74) is 3.57. The fourth-order valence-electron chi connectivity index (χ4n) is 3.97. The molecule has 0 spiro atoms. The second kappa shape index (κ2) is 10.0. The van der Waals surface area contributed by atoms with Crippen LogP contribution in [0.1, 0.15) is 38.3 Å². The number of nitrogens with zero attached hydrogens (tertiary/aromatic N) is 3. The van der Waals surface area contributed by atoms with E-state index in [0.717, 1.165) is 28.9 Å². The minimum absolute atomic E-state index is 0.311. The number of thiocarbonyl (C=S) groups is 1. The first-order chi connectivity index (χ1) is 16.3. The van der Waals surface area contributed by atoms with Crippen molar-refractivity contribution < 1.29 is 14.0 Å². The Bertz CT molecular complexity index is 1220. The smallest absolute Gasteiger partial charge is 0.258 e. The lowest BCUT2D eigenvalue weighted by molar-refractivity contribution is 0.354. The van der Waals surface area contributed by atoms with Gasteiger partial charge < -0.3 is 24.2 Å². The van der Waals surface area contributed by atoms with E-state index in [0.29, 0.717) is 39.3 Å². The zero-order chi connectivity index (χ0) is 24.4. The van der Waals surface area contributed by atoms with Crippen LogP contribution in [0.4, 0.5) is 0 Å². The van der Waals surface area contributed by atoms with Crippen LogP contribution in [0.25, 0.3) is 17.0 Å². The maximum absolute atomic E-state index is 6.03. The zero-order valence-corrected chi connectivity index (χ0v) is 21.3. The third-order valence-electron chi connectivity index (χ3n) is 5.64. The topological polar surface area (TPSA) is 72.7 Å². The molecule has 1 aliphatic rings. The molecule has 1 unspecified atom stereocenters. The monoisotopic (exact) mass is 498 g/mol. The zero-order valence-electron chi connectivity index (χ0n) is 19.8. The summed E-state index contributed by atoms with van der Waals surface area (Å²) >= 11 is 11.8. The highest BCUT2D eigenvalue weighted by molar-refractivity contribution is 7.80. The number of benzene rings is 2. The van der Waals surface area contributed by atoms with Crippen LogP contribution >= 0.6 is 23.8 Å². The molecule has 4 rings (SSSR count). The van der Waals surface area contributed by atoms with Gasteiger partial charge in [-0.1, -0.05) is 36.7 Å². The van der Waals surface area contributed by atoms with Crippen molar-refractivity contribution >= 4 is 34.5 Å². The van der Waals surface area contributed by atoms with Gasteiger partial charge in [-0.2, -0.15) is 4.98 Å². The number of hydrogen-bond acceptors (Lipinski definition) is 6. The molecule has 0 saturated heterocycles. The lowest BCUT2D eigenvalue weighted by atomic mass is 9.94. The number of halogens is 1. The van der Waals surface area contributed by atoms with Crippen molar-refractivity contribution in [3.8, 4) is 22.9 Å². The second-order valence-corrected chi connectivity index (χ2v) is 9.25. The van der Waals surface area contributed by atoms with Crippen molar-refractivity contribution in [1.82, 2.24) is 20.4 Å². The quantitative estimate of drug-likeness (QED) is 0.414. The number of ether oxygens (including phenoxy) is 2. The van der Waals surface area contributed by atoms with Crippen molar-refractivity contribution in [2.45, 2.75) is 26.8 Å². The van der Waals surface area contributed by atoms with E-state index in [2.05, 4.69) is 29.2 Å². The Morgan fingerprint density at radius 1 is 1.12 bits per heavy atom. The van der Waals surface area contributed by atoms with Crippen LogP contribution in [0.3, 0.4) is 0 Å². The lowest BCUT2D eigenvalue weighted by Crippen LogP contribution is -2.47. The van der Waals surface area contributed by atoms with Gasteiger partial charge in [0.2, 0.25) is 5.82 Å². The van der Waals surface area contributed by atoms with Gasteiger partial charge >= 0.3 is 0 Å². The Hall–Kier alpha value is -3.10. The third-order valence-corrected chi connectivity index (χ3v) is 6.23. The van der Waals surface area contributed by atoms with E-state index in [-0.39, 0.29) is 6.04 Å². The summed E-state index contributed by atoms with van der Waals surface area (Å²) < 4.78 is 16.7. The minimum atomic E-state index is -0.311. The molecule has 1 N–H and O–H groups in total. The van der Waals surface area contributed by atoms with Gasteiger partial charge in [0.25, 0.3) is 5.89 Å². The molecule has 0 amide bonds.